The summed E-state index contributed by atoms with van der Waals surface area (Å²) in [5.41, 5.74) is 7.25. The number of aryl methyl sites for hydroxylation is 1. The number of nitrogens with two attached hydrogens (primary N) is 1. The van der Waals surface area contributed by atoms with Gasteiger partial charge in [-0.3, -0.25) is 4.98 Å². The molecule has 2 aromatic rings. The Labute approximate surface area is 172 Å². The maximum atomic E-state index is 11.9. The minimum atomic E-state index is -2.08. The number of pyridine rings is 1. The van der Waals surface area contributed by atoms with Crippen molar-refractivity contribution in [3.63, 3.8) is 0 Å². The largest absolute Gasteiger partial charge is 0.493 e. The van der Waals surface area contributed by atoms with Crippen LogP contribution in [0.5, 0.6) is 5.75 Å². The Bertz CT molecular complexity index is 823. The smallest absolute Gasteiger partial charge is 0.337 e. The second kappa shape index (κ2) is 9.85. The summed E-state index contributed by atoms with van der Waals surface area (Å²) in [6.07, 6.45) is 2.64. The molecule has 2 rings (SSSR count). The number of aromatic nitrogens is 1. The standard InChI is InChI=1S/C23H32N2O4/c1-15(2)12-20(24)23(28,22(26)27)13-19-17(4)21(16(3)14-25-19)29-11-10-18-8-6-5-7-9-18/h5-9,14-15,20,28H,10-13,24H2,1-4H3,(H,26,27)/t20-,23?/m0/s1. The lowest BCUT2D eigenvalue weighted by atomic mass is 9.84. The average Bonchev–Trinajstić information content (AvgIpc) is 2.66. The summed E-state index contributed by atoms with van der Waals surface area (Å²) >= 11 is 0. The Kier molecular flexibility index (Phi) is 7.76. The molecule has 0 bridgehead atoms. The van der Waals surface area contributed by atoms with Crippen molar-refractivity contribution >= 4 is 5.97 Å². The van der Waals surface area contributed by atoms with Crippen molar-refractivity contribution < 1.29 is 19.7 Å². The molecule has 6 heteroatoms. The summed E-state index contributed by atoms with van der Waals surface area (Å²) in [4.78, 5) is 16.2. The minimum absolute atomic E-state index is 0.167. The van der Waals surface area contributed by atoms with Gasteiger partial charge in [0.05, 0.1) is 12.3 Å². The topological polar surface area (TPSA) is 106 Å². The van der Waals surface area contributed by atoms with Crippen LogP contribution in [-0.4, -0.2) is 39.4 Å². The number of aliphatic hydroxyl groups is 1. The van der Waals surface area contributed by atoms with Crippen LogP contribution in [0, 0.1) is 19.8 Å². The van der Waals surface area contributed by atoms with Crippen molar-refractivity contribution in [3.8, 4) is 5.75 Å². The molecule has 6 nitrogen and oxygen atoms in total. The van der Waals surface area contributed by atoms with Crippen LogP contribution in [0.4, 0.5) is 0 Å². The lowest BCUT2D eigenvalue weighted by molar-refractivity contribution is -0.161. The number of carbonyl (C=O) groups is 1. The van der Waals surface area contributed by atoms with Gasteiger partial charge in [-0.2, -0.15) is 0 Å². The van der Waals surface area contributed by atoms with Crippen LogP contribution in [-0.2, 0) is 17.6 Å². The van der Waals surface area contributed by atoms with E-state index in [-0.39, 0.29) is 12.3 Å². The summed E-state index contributed by atoms with van der Waals surface area (Å²) in [7, 11) is 0. The third-order valence-electron chi connectivity index (χ3n) is 5.17. The highest BCUT2D eigenvalue weighted by Gasteiger charge is 2.43. The Balaban J connectivity index is 2.20. The molecule has 29 heavy (non-hydrogen) atoms. The van der Waals surface area contributed by atoms with Gasteiger partial charge in [0, 0.05) is 36.2 Å². The van der Waals surface area contributed by atoms with E-state index < -0.39 is 17.6 Å². The predicted molar refractivity (Wildman–Crippen MR) is 113 cm³/mol. The van der Waals surface area contributed by atoms with Gasteiger partial charge < -0.3 is 20.7 Å². The van der Waals surface area contributed by atoms with E-state index >= 15 is 0 Å². The van der Waals surface area contributed by atoms with Crippen LogP contribution in [0.25, 0.3) is 0 Å². The highest BCUT2D eigenvalue weighted by Crippen LogP contribution is 2.29. The molecule has 0 aliphatic rings. The average molecular weight is 401 g/mol. The first-order valence-electron chi connectivity index (χ1n) is 9.98. The molecule has 1 heterocycles. The Morgan fingerprint density at radius 1 is 1.24 bits per heavy atom. The SMILES string of the molecule is Cc1cnc(CC(O)(C(=O)O)[C@@H](N)CC(C)C)c(C)c1OCCc1ccccc1. The van der Waals surface area contributed by atoms with E-state index in [2.05, 4.69) is 4.98 Å². The number of hydrogen-bond donors (Lipinski definition) is 3. The molecular weight excluding hydrogens is 368 g/mol. The number of hydrogen-bond acceptors (Lipinski definition) is 5. The Morgan fingerprint density at radius 2 is 1.90 bits per heavy atom. The maximum Gasteiger partial charge on any atom is 0.337 e. The predicted octanol–water partition coefficient (Wildman–Crippen LogP) is 3.05. The van der Waals surface area contributed by atoms with Gasteiger partial charge in [0.25, 0.3) is 0 Å². The van der Waals surface area contributed by atoms with E-state index in [0.29, 0.717) is 24.5 Å². The Morgan fingerprint density at radius 3 is 2.48 bits per heavy atom. The summed E-state index contributed by atoms with van der Waals surface area (Å²) in [5.74, 6) is -0.491. The fraction of sp³-hybridized carbons (Fsp3) is 0.478. The van der Waals surface area contributed by atoms with E-state index in [1.807, 2.05) is 58.0 Å². The van der Waals surface area contributed by atoms with Gasteiger partial charge in [0.2, 0.25) is 0 Å². The van der Waals surface area contributed by atoms with Crippen LogP contribution in [0.15, 0.2) is 36.5 Å². The van der Waals surface area contributed by atoms with E-state index in [0.717, 1.165) is 17.5 Å². The van der Waals surface area contributed by atoms with Crippen LogP contribution in [0.3, 0.4) is 0 Å². The third-order valence-corrected chi connectivity index (χ3v) is 5.17. The maximum absolute atomic E-state index is 11.9. The summed E-state index contributed by atoms with van der Waals surface area (Å²) < 4.78 is 6.01. The monoisotopic (exact) mass is 400 g/mol. The van der Waals surface area contributed by atoms with Crippen LogP contribution in [0.1, 0.15) is 42.7 Å². The molecular formula is C23H32N2O4. The molecule has 0 amide bonds. The van der Waals surface area contributed by atoms with Gasteiger partial charge in [-0.05, 0) is 31.7 Å². The molecule has 0 radical (unpaired) electrons. The van der Waals surface area contributed by atoms with Crippen molar-refractivity contribution in [3.05, 3.63) is 58.9 Å². The zero-order valence-corrected chi connectivity index (χ0v) is 17.7. The number of carboxylic acid groups (broad SMARTS) is 1. The van der Waals surface area contributed by atoms with Crippen molar-refractivity contribution in [1.82, 2.24) is 4.98 Å². The van der Waals surface area contributed by atoms with E-state index in [4.69, 9.17) is 10.5 Å². The first kappa shape index (κ1) is 22.8. The lowest BCUT2D eigenvalue weighted by Gasteiger charge is -2.31. The minimum Gasteiger partial charge on any atom is -0.493 e. The quantitative estimate of drug-likeness (QED) is 0.566. The number of carboxylic acids is 1. The van der Waals surface area contributed by atoms with Gasteiger partial charge in [0.15, 0.2) is 5.60 Å². The van der Waals surface area contributed by atoms with Crippen LogP contribution >= 0.6 is 0 Å². The zero-order chi connectivity index (χ0) is 21.6. The number of nitrogens with zero attached hydrogens (tertiary/aromatic N) is 1. The van der Waals surface area contributed by atoms with Gasteiger partial charge in [-0.15, -0.1) is 0 Å². The third kappa shape index (κ3) is 5.78. The molecule has 4 N–H and O–H groups in total. The number of benzene rings is 1. The molecule has 2 atom stereocenters. The van der Waals surface area contributed by atoms with Crippen LogP contribution in [0.2, 0.25) is 0 Å². The normalized spacial score (nSPS) is 14.4. The summed E-state index contributed by atoms with van der Waals surface area (Å²) in [5, 5.41) is 20.5. The van der Waals surface area contributed by atoms with Gasteiger partial charge in [0.1, 0.15) is 5.75 Å². The first-order chi connectivity index (χ1) is 13.6. The fourth-order valence-corrected chi connectivity index (χ4v) is 3.40. The second-order valence-corrected chi connectivity index (χ2v) is 8.07. The number of rotatable bonds is 10. The van der Waals surface area contributed by atoms with Crippen molar-refractivity contribution in [1.29, 1.82) is 0 Å². The Hall–Kier alpha value is -2.44. The molecule has 1 aromatic heterocycles. The number of aliphatic carboxylic acids is 1. The summed E-state index contributed by atoms with van der Waals surface area (Å²) in [6, 6.07) is 9.15. The molecule has 0 fully saturated rings. The van der Waals surface area contributed by atoms with E-state index in [1.165, 1.54) is 5.56 Å². The zero-order valence-electron chi connectivity index (χ0n) is 17.7. The highest BCUT2D eigenvalue weighted by atomic mass is 16.5. The number of ether oxygens (including phenoxy) is 1. The van der Waals surface area contributed by atoms with Crippen molar-refractivity contribution in [2.75, 3.05) is 6.61 Å². The van der Waals surface area contributed by atoms with E-state index in [1.54, 1.807) is 6.20 Å². The fourth-order valence-electron chi connectivity index (χ4n) is 3.40. The van der Waals surface area contributed by atoms with Crippen molar-refractivity contribution in [2.45, 2.75) is 58.6 Å². The highest BCUT2D eigenvalue weighted by molar-refractivity contribution is 5.78. The summed E-state index contributed by atoms with van der Waals surface area (Å²) in [6.45, 7) is 8.11. The van der Waals surface area contributed by atoms with Gasteiger partial charge >= 0.3 is 5.97 Å². The molecule has 158 valence electrons. The molecule has 0 saturated heterocycles. The van der Waals surface area contributed by atoms with Crippen LogP contribution < -0.4 is 10.5 Å². The lowest BCUT2D eigenvalue weighted by Crippen LogP contribution is -2.56. The van der Waals surface area contributed by atoms with Gasteiger partial charge in [-0.1, -0.05) is 44.2 Å². The molecule has 1 aromatic carbocycles. The molecule has 0 aliphatic carbocycles. The second-order valence-electron chi connectivity index (χ2n) is 8.07. The molecule has 0 aliphatic heterocycles. The molecule has 0 saturated carbocycles. The van der Waals surface area contributed by atoms with Gasteiger partial charge in [-0.25, -0.2) is 4.79 Å². The molecule has 1 unspecified atom stereocenters. The van der Waals surface area contributed by atoms with Crippen molar-refractivity contribution in [2.24, 2.45) is 11.7 Å². The first-order valence-corrected chi connectivity index (χ1v) is 9.98. The van der Waals surface area contributed by atoms with E-state index in [9.17, 15) is 15.0 Å². The molecule has 0 spiro atoms.